The molecule has 0 saturated carbocycles. The van der Waals surface area contributed by atoms with Gasteiger partial charge in [0.15, 0.2) is 15.0 Å². The fourth-order valence-electron chi connectivity index (χ4n) is 3.60. The Morgan fingerprint density at radius 1 is 1.22 bits per heavy atom. The summed E-state index contributed by atoms with van der Waals surface area (Å²) in [5.74, 6) is -0.804. The highest BCUT2D eigenvalue weighted by molar-refractivity contribution is 7.90. The Kier molecular flexibility index (Phi) is 6.85. The molecular formula is C22H24FN3O4S2. The van der Waals surface area contributed by atoms with Gasteiger partial charge in [-0.3, -0.25) is 14.6 Å². The summed E-state index contributed by atoms with van der Waals surface area (Å²) in [4.78, 5) is 21.7. The Balaban J connectivity index is 1.63. The van der Waals surface area contributed by atoms with E-state index in [0.29, 0.717) is 36.0 Å². The second kappa shape index (κ2) is 9.62. The molecule has 0 unspecified atom stereocenters. The predicted octanol–water partition coefficient (Wildman–Crippen LogP) is 3.21. The van der Waals surface area contributed by atoms with Crippen molar-refractivity contribution in [1.29, 1.82) is 0 Å². The van der Waals surface area contributed by atoms with Gasteiger partial charge in [0, 0.05) is 38.0 Å². The van der Waals surface area contributed by atoms with Crippen molar-refractivity contribution < 1.29 is 22.3 Å². The van der Waals surface area contributed by atoms with Crippen LogP contribution in [0, 0.1) is 5.82 Å². The number of benzene rings is 2. The maximum Gasteiger partial charge on any atom is 0.260 e. The fraction of sp³-hybridized carbons (Fsp3) is 0.364. The van der Waals surface area contributed by atoms with Crippen LogP contribution in [0.15, 0.2) is 47.4 Å². The molecule has 0 spiro atoms. The molecule has 0 atom stereocenters. The minimum atomic E-state index is -3.46. The van der Waals surface area contributed by atoms with E-state index in [-0.39, 0.29) is 21.9 Å². The van der Waals surface area contributed by atoms with E-state index in [1.807, 2.05) is 0 Å². The van der Waals surface area contributed by atoms with Crippen LogP contribution in [0.2, 0.25) is 0 Å². The molecule has 1 fully saturated rings. The van der Waals surface area contributed by atoms with Crippen LogP contribution in [0.4, 0.5) is 9.52 Å². The van der Waals surface area contributed by atoms with E-state index >= 15 is 0 Å². The zero-order valence-electron chi connectivity index (χ0n) is 17.7. The van der Waals surface area contributed by atoms with Crippen LogP contribution in [-0.4, -0.2) is 69.9 Å². The first kappa shape index (κ1) is 22.8. The normalized spacial score (nSPS) is 15.2. The van der Waals surface area contributed by atoms with Crippen molar-refractivity contribution >= 4 is 42.4 Å². The van der Waals surface area contributed by atoms with Gasteiger partial charge in [-0.1, -0.05) is 23.5 Å². The molecule has 4 rings (SSSR count). The molecule has 0 aliphatic carbocycles. The average Bonchev–Trinajstić information content (AvgIpc) is 3.22. The van der Waals surface area contributed by atoms with Crippen molar-refractivity contribution in [2.24, 2.45) is 0 Å². The average molecular weight is 478 g/mol. The lowest BCUT2D eigenvalue weighted by atomic mass is 10.2. The SMILES string of the molecule is CS(=O)(=O)c1cccc(C(=O)N(CCCN2CCOCC2)c2nc3c(F)cccc3s2)c1. The number of aromatic nitrogens is 1. The lowest BCUT2D eigenvalue weighted by molar-refractivity contribution is 0.0376. The number of fused-ring (bicyclic) bond motifs is 1. The Bertz CT molecular complexity index is 1220. The first-order chi connectivity index (χ1) is 15.3. The van der Waals surface area contributed by atoms with E-state index in [1.165, 1.54) is 34.4 Å². The standard InChI is InChI=1S/C22H24FN3O4S2/c1-32(28,29)17-6-2-5-16(15-17)21(27)26(10-4-9-25-11-13-30-14-12-25)22-24-20-18(23)7-3-8-19(20)31-22/h2-3,5-8,15H,4,9-14H2,1H3. The largest absolute Gasteiger partial charge is 0.379 e. The number of sulfone groups is 1. The van der Waals surface area contributed by atoms with Gasteiger partial charge in [0.25, 0.3) is 5.91 Å². The molecule has 1 aromatic heterocycles. The second-order valence-electron chi connectivity index (χ2n) is 7.65. The van der Waals surface area contributed by atoms with Gasteiger partial charge in [-0.2, -0.15) is 0 Å². The first-order valence-electron chi connectivity index (χ1n) is 10.3. The number of halogens is 1. The number of hydrogen-bond acceptors (Lipinski definition) is 7. The molecular weight excluding hydrogens is 453 g/mol. The third-order valence-corrected chi connectivity index (χ3v) is 7.46. The van der Waals surface area contributed by atoms with E-state index in [9.17, 15) is 17.6 Å². The number of ether oxygens (including phenoxy) is 1. The van der Waals surface area contributed by atoms with Crippen molar-refractivity contribution in [3.05, 3.63) is 53.8 Å². The molecule has 2 heterocycles. The predicted molar refractivity (Wildman–Crippen MR) is 123 cm³/mol. The van der Waals surface area contributed by atoms with E-state index in [4.69, 9.17) is 4.74 Å². The highest BCUT2D eigenvalue weighted by Crippen LogP contribution is 2.31. The van der Waals surface area contributed by atoms with Crippen LogP contribution < -0.4 is 4.90 Å². The molecule has 0 N–H and O–H groups in total. The Morgan fingerprint density at radius 2 is 1.97 bits per heavy atom. The smallest absolute Gasteiger partial charge is 0.260 e. The minimum Gasteiger partial charge on any atom is -0.379 e. The van der Waals surface area contributed by atoms with Gasteiger partial charge in [0.05, 0.1) is 22.8 Å². The van der Waals surface area contributed by atoms with Crippen LogP contribution in [-0.2, 0) is 14.6 Å². The molecule has 7 nitrogen and oxygen atoms in total. The van der Waals surface area contributed by atoms with Crippen LogP contribution in [0.1, 0.15) is 16.8 Å². The Morgan fingerprint density at radius 3 is 2.69 bits per heavy atom. The molecule has 32 heavy (non-hydrogen) atoms. The number of anilines is 1. The number of carbonyl (C=O) groups is 1. The summed E-state index contributed by atoms with van der Waals surface area (Å²) in [5, 5.41) is 0.391. The van der Waals surface area contributed by atoms with Gasteiger partial charge in [-0.15, -0.1) is 0 Å². The van der Waals surface area contributed by atoms with Crippen molar-refractivity contribution in [2.45, 2.75) is 11.3 Å². The third kappa shape index (κ3) is 5.15. The number of rotatable bonds is 7. The molecule has 1 aliphatic rings. The maximum absolute atomic E-state index is 14.2. The van der Waals surface area contributed by atoms with Crippen LogP contribution in [0.5, 0.6) is 0 Å². The lowest BCUT2D eigenvalue weighted by Crippen LogP contribution is -2.39. The number of carbonyl (C=O) groups excluding carboxylic acids is 1. The summed E-state index contributed by atoms with van der Waals surface area (Å²) < 4.78 is 44.2. The molecule has 1 amide bonds. The van der Waals surface area contributed by atoms with Gasteiger partial charge < -0.3 is 4.74 Å². The number of hydrogen-bond donors (Lipinski definition) is 0. The van der Waals surface area contributed by atoms with Gasteiger partial charge >= 0.3 is 0 Å². The molecule has 3 aromatic rings. The van der Waals surface area contributed by atoms with Crippen molar-refractivity contribution in [3.63, 3.8) is 0 Å². The summed E-state index contributed by atoms with van der Waals surface area (Å²) in [6.45, 7) is 4.24. The number of para-hydroxylation sites is 1. The number of amides is 1. The van der Waals surface area contributed by atoms with Gasteiger partial charge in [0.1, 0.15) is 11.3 Å². The Labute approximate surface area is 190 Å². The molecule has 10 heteroatoms. The van der Waals surface area contributed by atoms with Crippen LogP contribution in [0.25, 0.3) is 10.2 Å². The fourth-order valence-corrected chi connectivity index (χ4v) is 5.27. The molecule has 170 valence electrons. The molecule has 2 aromatic carbocycles. The monoisotopic (exact) mass is 477 g/mol. The summed E-state index contributed by atoms with van der Waals surface area (Å²) in [6.07, 6.45) is 1.79. The number of thiazole rings is 1. The third-order valence-electron chi connectivity index (χ3n) is 5.30. The van der Waals surface area contributed by atoms with Crippen molar-refractivity contribution in [2.75, 3.05) is 50.5 Å². The molecule has 1 aliphatic heterocycles. The van der Waals surface area contributed by atoms with Crippen LogP contribution in [0.3, 0.4) is 0 Å². The van der Waals surface area contributed by atoms with Gasteiger partial charge in [0.2, 0.25) is 0 Å². The van der Waals surface area contributed by atoms with Gasteiger partial charge in [-0.05, 0) is 36.8 Å². The number of morpholine rings is 1. The second-order valence-corrected chi connectivity index (χ2v) is 10.7. The van der Waals surface area contributed by atoms with E-state index in [2.05, 4.69) is 9.88 Å². The van der Waals surface area contributed by atoms with Crippen molar-refractivity contribution in [3.8, 4) is 0 Å². The first-order valence-corrected chi connectivity index (χ1v) is 13.0. The summed E-state index contributed by atoms with van der Waals surface area (Å²) in [7, 11) is -3.46. The highest BCUT2D eigenvalue weighted by Gasteiger charge is 2.23. The van der Waals surface area contributed by atoms with Gasteiger partial charge in [-0.25, -0.2) is 17.8 Å². The van der Waals surface area contributed by atoms with E-state index in [1.54, 1.807) is 24.3 Å². The zero-order chi connectivity index (χ0) is 22.7. The van der Waals surface area contributed by atoms with Crippen molar-refractivity contribution in [1.82, 2.24) is 9.88 Å². The summed E-state index contributed by atoms with van der Waals surface area (Å²) in [6, 6.07) is 10.7. The highest BCUT2D eigenvalue weighted by atomic mass is 32.2. The molecule has 0 bridgehead atoms. The minimum absolute atomic E-state index is 0.0759. The van der Waals surface area contributed by atoms with Crippen LogP contribution >= 0.6 is 11.3 Å². The zero-order valence-corrected chi connectivity index (χ0v) is 19.3. The van der Waals surface area contributed by atoms with E-state index in [0.717, 1.165) is 25.9 Å². The molecule has 1 saturated heterocycles. The van der Waals surface area contributed by atoms with E-state index < -0.39 is 15.7 Å². The quantitative estimate of drug-likeness (QED) is 0.520. The maximum atomic E-state index is 14.2. The summed E-state index contributed by atoms with van der Waals surface area (Å²) >= 11 is 1.24. The molecule has 0 radical (unpaired) electrons. The summed E-state index contributed by atoms with van der Waals surface area (Å²) in [5.41, 5.74) is 0.474. The topological polar surface area (TPSA) is 79.8 Å². The lowest BCUT2D eigenvalue weighted by Gasteiger charge is -2.27. The number of nitrogens with zero attached hydrogens (tertiary/aromatic N) is 3. The Hall–Kier alpha value is -2.40.